The van der Waals surface area contributed by atoms with Crippen molar-refractivity contribution in [1.29, 1.82) is 0 Å². The van der Waals surface area contributed by atoms with Crippen molar-refractivity contribution in [2.75, 3.05) is 0 Å². The summed E-state index contributed by atoms with van der Waals surface area (Å²) in [5.41, 5.74) is 0. The van der Waals surface area contributed by atoms with E-state index in [0.717, 1.165) is 0 Å². The zero-order chi connectivity index (χ0) is 5.11. The maximum Gasteiger partial charge on any atom is 0.397 e. The van der Waals surface area contributed by atoms with E-state index in [-0.39, 0.29) is 0 Å². The van der Waals surface area contributed by atoms with Crippen LogP contribution in [0.1, 0.15) is 0 Å². The summed E-state index contributed by atoms with van der Waals surface area (Å²) in [6.07, 6.45) is 5.05. The molecular formula is C4H4N2S+. The van der Waals surface area contributed by atoms with E-state index in [2.05, 4.69) is 22.6 Å². The molecule has 35 valence electrons. The molecule has 0 saturated carbocycles. The smallest absolute Gasteiger partial charge is 0.0470 e. The summed E-state index contributed by atoms with van der Waals surface area (Å²) in [6, 6.07) is 0. The Hall–Kier alpha value is -0.570. The van der Waals surface area contributed by atoms with Crippen molar-refractivity contribution < 1.29 is 0 Å². The number of rotatable bonds is 0. The Kier molecular flexibility index (Phi) is 1.26. The van der Waals surface area contributed by atoms with E-state index < -0.39 is 0 Å². The Morgan fingerprint density at radius 3 is 2.86 bits per heavy atom. The molecule has 0 aliphatic carbocycles. The molecule has 0 fully saturated rings. The minimum absolute atomic E-state index is 0.516. The van der Waals surface area contributed by atoms with Gasteiger partial charge in [-0.2, -0.15) is 0 Å². The van der Waals surface area contributed by atoms with Crippen molar-refractivity contribution in [3.05, 3.63) is 12.3 Å². The fourth-order valence-corrected chi connectivity index (χ4v) is 0.425. The number of thiol groups is 1. The molecule has 1 aliphatic rings. The number of hydrogen-bond acceptors (Lipinski definition) is 2. The quantitative estimate of drug-likeness (QED) is 0.433. The lowest BCUT2D eigenvalue weighted by atomic mass is 10.6. The van der Waals surface area contributed by atoms with E-state index in [1.807, 2.05) is 0 Å². The Bertz CT molecular complexity index is 146. The zero-order valence-electron chi connectivity index (χ0n) is 3.57. The van der Waals surface area contributed by atoms with Crippen LogP contribution >= 0.6 is 12.6 Å². The van der Waals surface area contributed by atoms with Crippen molar-refractivity contribution >= 4 is 24.0 Å². The van der Waals surface area contributed by atoms with E-state index in [9.17, 15) is 0 Å². The molecule has 0 aromatic carbocycles. The molecule has 0 spiro atoms. The van der Waals surface area contributed by atoms with Gasteiger partial charge in [0, 0.05) is 6.08 Å². The highest BCUT2D eigenvalue weighted by molar-refractivity contribution is 7.96. The van der Waals surface area contributed by atoms with Crippen molar-refractivity contribution in [3.8, 4) is 0 Å². The first-order valence-electron chi connectivity index (χ1n) is 1.85. The van der Waals surface area contributed by atoms with Crippen LogP contribution in [0.2, 0.25) is 0 Å². The van der Waals surface area contributed by atoms with Gasteiger partial charge in [-0.1, -0.05) is 0 Å². The first-order valence-corrected chi connectivity index (χ1v) is 2.30. The number of hydrogen-bond donors (Lipinski definition) is 1. The third-order valence-corrected chi connectivity index (χ3v) is 0.783. The van der Waals surface area contributed by atoms with E-state index in [0.29, 0.717) is 5.17 Å². The monoisotopic (exact) mass is 112 g/mol. The maximum atomic E-state index is 3.86. The summed E-state index contributed by atoms with van der Waals surface area (Å²) in [7, 11) is 0. The first-order chi connectivity index (χ1) is 3.39. The predicted molar refractivity (Wildman–Crippen MR) is 33.8 cm³/mol. The largest absolute Gasteiger partial charge is 0.397 e. The number of amidine groups is 1. The number of allylic oxidation sites excluding steroid dienone is 1. The van der Waals surface area contributed by atoms with Crippen LogP contribution in [0.15, 0.2) is 17.3 Å². The highest BCUT2D eigenvalue weighted by atomic mass is 32.1. The van der Waals surface area contributed by atoms with E-state index >= 15 is 0 Å². The third-order valence-electron chi connectivity index (χ3n) is 0.552. The Labute approximate surface area is 47.1 Å². The fourth-order valence-electron chi connectivity index (χ4n) is 0.291. The van der Waals surface area contributed by atoms with Crippen LogP contribution in [0.5, 0.6) is 0 Å². The minimum atomic E-state index is 0.516. The van der Waals surface area contributed by atoms with Gasteiger partial charge in [0.1, 0.15) is 12.4 Å². The molecule has 0 N–H and O–H groups in total. The first kappa shape index (κ1) is 4.59. The second kappa shape index (κ2) is 1.93. The molecule has 0 atom stereocenters. The van der Waals surface area contributed by atoms with Crippen LogP contribution in [0.3, 0.4) is 0 Å². The molecule has 0 unspecified atom stereocenters. The van der Waals surface area contributed by atoms with Gasteiger partial charge in [0.15, 0.2) is 0 Å². The normalized spacial score (nSPS) is 17.0. The van der Waals surface area contributed by atoms with Crippen LogP contribution < -0.4 is 4.99 Å². The van der Waals surface area contributed by atoms with Crippen LogP contribution in [0, 0.1) is 0 Å². The number of aliphatic imine (C=N–C) groups is 2. The highest BCUT2D eigenvalue weighted by Gasteiger charge is 1.98. The van der Waals surface area contributed by atoms with Crippen LogP contribution in [-0.2, 0) is 0 Å². The Balaban J connectivity index is 2.82. The topological polar surface area (TPSA) is 26.5 Å². The van der Waals surface area contributed by atoms with Gasteiger partial charge in [-0.05, 0) is 22.6 Å². The molecule has 1 rings (SSSR count). The standard InChI is InChI=1S/C4H4N2S/c7-4-5-2-1-3-6-4/h1-3H,(H,5,7)/q+1. The minimum Gasteiger partial charge on any atom is -0.0470 e. The lowest BCUT2D eigenvalue weighted by molar-refractivity contribution is 1.36. The van der Waals surface area contributed by atoms with Crippen LogP contribution in [0.4, 0.5) is 0 Å². The Morgan fingerprint density at radius 2 is 2.57 bits per heavy atom. The fraction of sp³-hybridized carbons (Fsp3) is 0. The second-order valence-corrected chi connectivity index (χ2v) is 1.45. The van der Waals surface area contributed by atoms with E-state index in [1.54, 1.807) is 18.5 Å². The summed E-state index contributed by atoms with van der Waals surface area (Å²) in [6.45, 7) is 0. The van der Waals surface area contributed by atoms with Gasteiger partial charge in [-0.25, -0.2) is 0 Å². The lowest BCUT2D eigenvalue weighted by Crippen LogP contribution is -1.94. The summed E-state index contributed by atoms with van der Waals surface area (Å²) in [4.78, 5) is 7.46. The average molecular weight is 112 g/mol. The SMILES string of the molecule is SC1=[N+]C=CC=N1. The summed E-state index contributed by atoms with van der Waals surface area (Å²) in [5.74, 6) is 0. The average Bonchev–Trinajstić information content (AvgIpc) is 1.69. The molecule has 1 aliphatic heterocycles. The van der Waals surface area contributed by atoms with Gasteiger partial charge in [0.2, 0.25) is 0 Å². The molecule has 0 saturated heterocycles. The Morgan fingerprint density at radius 1 is 1.71 bits per heavy atom. The molecule has 1 radical (unpaired) electrons. The molecule has 1 heterocycles. The van der Waals surface area contributed by atoms with Crippen molar-refractivity contribution in [2.24, 2.45) is 4.99 Å². The molecule has 0 amide bonds. The van der Waals surface area contributed by atoms with E-state index in [1.165, 1.54) is 0 Å². The van der Waals surface area contributed by atoms with Crippen molar-refractivity contribution in [2.45, 2.75) is 0 Å². The van der Waals surface area contributed by atoms with Crippen LogP contribution in [0.25, 0.3) is 0 Å². The highest BCUT2D eigenvalue weighted by Crippen LogP contribution is 1.83. The van der Waals surface area contributed by atoms with Crippen LogP contribution in [-0.4, -0.2) is 11.4 Å². The lowest BCUT2D eigenvalue weighted by Gasteiger charge is -1.71. The summed E-state index contributed by atoms with van der Waals surface area (Å²) >= 11 is 3.86. The van der Waals surface area contributed by atoms with Gasteiger partial charge >= 0.3 is 5.17 Å². The van der Waals surface area contributed by atoms with Gasteiger partial charge in [0.05, 0.1) is 0 Å². The third kappa shape index (κ3) is 1.16. The second-order valence-electron chi connectivity index (χ2n) is 1.05. The molecule has 2 nitrogen and oxygen atoms in total. The van der Waals surface area contributed by atoms with E-state index in [4.69, 9.17) is 0 Å². The molecular weight excluding hydrogens is 108 g/mol. The maximum absolute atomic E-state index is 3.86. The molecule has 0 aromatic rings. The molecule has 0 bridgehead atoms. The molecule has 7 heavy (non-hydrogen) atoms. The van der Waals surface area contributed by atoms with Gasteiger partial charge in [-0.3, -0.25) is 0 Å². The number of nitrogens with zero attached hydrogens (tertiary/aromatic N) is 2. The zero-order valence-corrected chi connectivity index (χ0v) is 4.47. The van der Waals surface area contributed by atoms with Crippen molar-refractivity contribution in [1.82, 2.24) is 4.99 Å². The van der Waals surface area contributed by atoms with Crippen molar-refractivity contribution in [3.63, 3.8) is 0 Å². The van der Waals surface area contributed by atoms with Gasteiger partial charge < -0.3 is 0 Å². The van der Waals surface area contributed by atoms with Gasteiger partial charge in [-0.15, -0.1) is 0 Å². The molecule has 3 heteroatoms. The summed E-state index contributed by atoms with van der Waals surface area (Å²) < 4.78 is 0. The summed E-state index contributed by atoms with van der Waals surface area (Å²) in [5, 5.41) is 0.516. The van der Waals surface area contributed by atoms with Gasteiger partial charge in [0.25, 0.3) is 0 Å². The molecule has 0 aromatic heterocycles. The predicted octanol–water partition coefficient (Wildman–Crippen LogP) is 0.206.